The number of nitrogens with one attached hydrogen (secondary N) is 2. The Morgan fingerprint density at radius 2 is 1.88 bits per heavy atom. The van der Waals surface area contributed by atoms with E-state index in [2.05, 4.69) is 44.1 Å². The van der Waals surface area contributed by atoms with Gasteiger partial charge in [0, 0.05) is 22.9 Å². The standard InChI is InChI=1S/C25H23BrN2O3S/c1-30-21-13-15(10-16(26)25(21)31-2)24-23-19(27-17-6-3-4-7-18(17)28-24)11-14(12-20(23)29)22-8-5-9-32-22/h3-11,13-14,23-24,27-28H,12H2,1-2H3. The molecule has 0 radical (unpaired) electrons. The Balaban J connectivity index is 1.65. The van der Waals surface area contributed by atoms with E-state index in [1.54, 1.807) is 25.6 Å². The molecule has 2 heterocycles. The number of rotatable bonds is 4. The van der Waals surface area contributed by atoms with Crippen LogP contribution in [0.4, 0.5) is 11.4 Å². The Morgan fingerprint density at radius 1 is 1.06 bits per heavy atom. The zero-order valence-corrected chi connectivity index (χ0v) is 20.1. The SMILES string of the molecule is COc1cc(C2Nc3ccccc3NC3=CC(c4cccs4)CC(=O)C32)cc(Br)c1OC. The zero-order chi connectivity index (χ0) is 22.2. The van der Waals surface area contributed by atoms with Crippen LogP contribution in [0, 0.1) is 5.92 Å². The first-order valence-electron chi connectivity index (χ1n) is 10.4. The molecule has 0 saturated carbocycles. The molecule has 5 rings (SSSR count). The summed E-state index contributed by atoms with van der Waals surface area (Å²) in [5.41, 5.74) is 3.81. The third-order valence-electron chi connectivity index (χ3n) is 6.06. The van der Waals surface area contributed by atoms with Crippen molar-refractivity contribution in [2.24, 2.45) is 5.92 Å². The molecule has 7 heteroatoms. The number of thiophene rings is 1. The third-order valence-corrected chi connectivity index (χ3v) is 7.65. The summed E-state index contributed by atoms with van der Waals surface area (Å²) in [7, 11) is 3.23. The van der Waals surface area contributed by atoms with Crippen LogP contribution in [0.3, 0.4) is 0 Å². The number of ether oxygens (including phenoxy) is 2. The second-order valence-corrected chi connectivity index (χ2v) is 9.76. The Kier molecular flexibility index (Phi) is 5.69. The number of halogens is 1. The molecule has 1 aliphatic heterocycles. The third kappa shape index (κ3) is 3.69. The summed E-state index contributed by atoms with van der Waals surface area (Å²) in [5.74, 6) is 1.21. The molecule has 0 fully saturated rings. The average Bonchev–Trinajstić information content (AvgIpc) is 3.27. The number of ketones is 1. The maximum absolute atomic E-state index is 13.6. The monoisotopic (exact) mass is 510 g/mol. The van der Waals surface area contributed by atoms with Gasteiger partial charge in [0.25, 0.3) is 0 Å². The van der Waals surface area contributed by atoms with Crippen LogP contribution in [0.15, 0.2) is 70.2 Å². The fourth-order valence-corrected chi connectivity index (χ4v) is 6.00. The lowest BCUT2D eigenvalue weighted by atomic mass is 9.78. The van der Waals surface area contributed by atoms with E-state index in [1.807, 2.05) is 42.5 Å². The van der Waals surface area contributed by atoms with Crippen molar-refractivity contribution in [2.75, 3.05) is 24.9 Å². The number of anilines is 2. The number of methoxy groups -OCH3 is 2. The highest BCUT2D eigenvalue weighted by Crippen LogP contribution is 2.47. The molecule has 32 heavy (non-hydrogen) atoms. The molecular weight excluding hydrogens is 488 g/mol. The van der Waals surface area contributed by atoms with E-state index in [0.717, 1.165) is 27.1 Å². The predicted octanol–water partition coefficient (Wildman–Crippen LogP) is 6.36. The van der Waals surface area contributed by atoms with Crippen molar-refractivity contribution in [3.8, 4) is 11.5 Å². The number of benzene rings is 2. The first-order chi connectivity index (χ1) is 15.6. The molecule has 3 unspecified atom stereocenters. The van der Waals surface area contributed by atoms with Gasteiger partial charge in [-0.05, 0) is 57.2 Å². The van der Waals surface area contributed by atoms with E-state index in [-0.39, 0.29) is 23.7 Å². The lowest BCUT2D eigenvalue weighted by Crippen LogP contribution is -2.33. The maximum Gasteiger partial charge on any atom is 0.174 e. The van der Waals surface area contributed by atoms with E-state index < -0.39 is 0 Å². The minimum Gasteiger partial charge on any atom is -0.493 e. The number of carbonyl (C=O) groups is 1. The maximum atomic E-state index is 13.6. The normalized spacial score (nSPS) is 21.9. The fraction of sp³-hybridized carbons (Fsp3) is 0.240. The van der Waals surface area contributed by atoms with E-state index >= 15 is 0 Å². The van der Waals surface area contributed by atoms with Crippen molar-refractivity contribution in [3.63, 3.8) is 0 Å². The first kappa shape index (κ1) is 21.1. The molecule has 1 aromatic heterocycles. The Bertz CT molecular complexity index is 1190. The average molecular weight is 511 g/mol. The van der Waals surface area contributed by atoms with Gasteiger partial charge in [-0.3, -0.25) is 4.79 Å². The summed E-state index contributed by atoms with van der Waals surface area (Å²) < 4.78 is 11.9. The minimum atomic E-state index is -0.344. The van der Waals surface area contributed by atoms with Crippen molar-refractivity contribution in [3.05, 3.63) is 80.6 Å². The topological polar surface area (TPSA) is 59.6 Å². The van der Waals surface area contributed by atoms with E-state index in [1.165, 1.54) is 4.88 Å². The van der Waals surface area contributed by atoms with Crippen LogP contribution in [-0.4, -0.2) is 20.0 Å². The van der Waals surface area contributed by atoms with Crippen LogP contribution in [0.5, 0.6) is 11.5 Å². The van der Waals surface area contributed by atoms with Crippen LogP contribution in [0.2, 0.25) is 0 Å². The van der Waals surface area contributed by atoms with Gasteiger partial charge in [-0.25, -0.2) is 0 Å². The van der Waals surface area contributed by atoms with Gasteiger partial charge in [0.2, 0.25) is 0 Å². The van der Waals surface area contributed by atoms with Gasteiger partial charge >= 0.3 is 0 Å². The van der Waals surface area contributed by atoms with E-state index in [9.17, 15) is 4.79 Å². The summed E-state index contributed by atoms with van der Waals surface area (Å²) in [4.78, 5) is 14.8. The van der Waals surface area contributed by atoms with Gasteiger partial charge in [-0.15, -0.1) is 11.3 Å². The number of hydrogen-bond donors (Lipinski definition) is 2. The van der Waals surface area contributed by atoms with Crippen LogP contribution in [-0.2, 0) is 4.79 Å². The van der Waals surface area contributed by atoms with Crippen LogP contribution >= 0.6 is 27.3 Å². The van der Waals surface area contributed by atoms with Crippen molar-refractivity contribution in [1.29, 1.82) is 0 Å². The second kappa shape index (κ2) is 8.64. The fourth-order valence-electron chi connectivity index (χ4n) is 4.58. The molecule has 0 spiro atoms. The van der Waals surface area contributed by atoms with Crippen LogP contribution in [0.1, 0.15) is 28.8 Å². The van der Waals surface area contributed by atoms with Crippen LogP contribution in [0.25, 0.3) is 0 Å². The van der Waals surface area contributed by atoms with Gasteiger partial charge in [-0.1, -0.05) is 24.3 Å². The van der Waals surface area contributed by atoms with Crippen molar-refractivity contribution in [2.45, 2.75) is 18.4 Å². The van der Waals surface area contributed by atoms with Crippen molar-refractivity contribution < 1.29 is 14.3 Å². The Hall–Kier alpha value is -2.77. The van der Waals surface area contributed by atoms with Gasteiger partial charge in [0.05, 0.1) is 42.0 Å². The highest BCUT2D eigenvalue weighted by atomic mass is 79.9. The number of Topliss-reactive ketones (excluding diaryl/α,β-unsaturated/α-hetero) is 1. The molecule has 2 aromatic carbocycles. The van der Waals surface area contributed by atoms with Gasteiger partial charge in [0.1, 0.15) is 5.78 Å². The highest BCUT2D eigenvalue weighted by Gasteiger charge is 2.40. The van der Waals surface area contributed by atoms with Gasteiger partial charge in [0.15, 0.2) is 11.5 Å². The summed E-state index contributed by atoms with van der Waals surface area (Å²) >= 11 is 5.30. The predicted molar refractivity (Wildman–Crippen MR) is 132 cm³/mol. The number of carbonyl (C=O) groups excluding carboxylic acids is 1. The largest absolute Gasteiger partial charge is 0.493 e. The van der Waals surface area contributed by atoms with Gasteiger partial charge < -0.3 is 20.1 Å². The molecule has 0 saturated heterocycles. The number of hydrogen-bond acceptors (Lipinski definition) is 6. The smallest absolute Gasteiger partial charge is 0.174 e. The van der Waals surface area contributed by atoms with E-state index in [0.29, 0.717) is 17.9 Å². The zero-order valence-electron chi connectivity index (χ0n) is 17.7. The van der Waals surface area contributed by atoms with E-state index in [4.69, 9.17) is 9.47 Å². The summed E-state index contributed by atoms with van der Waals surface area (Å²) in [6.07, 6.45) is 2.71. The first-order valence-corrected chi connectivity index (χ1v) is 12.1. The summed E-state index contributed by atoms with van der Waals surface area (Å²) in [6.45, 7) is 0. The quantitative estimate of drug-likeness (QED) is 0.427. The lowest BCUT2D eigenvalue weighted by molar-refractivity contribution is -0.122. The number of para-hydroxylation sites is 2. The molecule has 5 nitrogen and oxygen atoms in total. The second-order valence-electron chi connectivity index (χ2n) is 7.92. The molecule has 164 valence electrons. The van der Waals surface area contributed by atoms with Gasteiger partial charge in [-0.2, -0.15) is 0 Å². The summed E-state index contributed by atoms with van der Waals surface area (Å²) in [5, 5.41) is 9.26. The molecular formula is C25H23BrN2O3S. The summed E-state index contributed by atoms with van der Waals surface area (Å²) in [6, 6.07) is 15.9. The molecule has 1 aliphatic carbocycles. The van der Waals surface area contributed by atoms with Crippen LogP contribution < -0.4 is 20.1 Å². The molecule has 0 bridgehead atoms. The number of fused-ring (bicyclic) bond motifs is 2. The minimum absolute atomic E-state index is 0.0873. The van der Waals surface area contributed by atoms with Crippen molar-refractivity contribution >= 4 is 44.4 Å². The number of allylic oxidation sites excluding steroid dienone is 1. The molecule has 2 aliphatic rings. The Labute approximate surface area is 199 Å². The molecule has 2 N–H and O–H groups in total. The molecule has 3 aromatic rings. The lowest BCUT2D eigenvalue weighted by Gasteiger charge is -2.32. The molecule has 3 atom stereocenters. The van der Waals surface area contributed by atoms with Crippen molar-refractivity contribution in [1.82, 2.24) is 0 Å². The highest BCUT2D eigenvalue weighted by molar-refractivity contribution is 9.10. The Morgan fingerprint density at radius 3 is 2.59 bits per heavy atom. The molecule has 0 amide bonds.